The summed E-state index contributed by atoms with van der Waals surface area (Å²) in [5, 5.41) is 3.39. The Kier molecular flexibility index (Phi) is 7.99. The van der Waals surface area contributed by atoms with Crippen molar-refractivity contribution in [3.63, 3.8) is 0 Å². The van der Waals surface area contributed by atoms with E-state index >= 15 is 0 Å². The summed E-state index contributed by atoms with van der Waals surface area (Å²) in [6.45, 7) is 5.42. The first kappa shape index (κ1) is 16.7. The Morgan fingerprint density at radius 3 is 2.30 bits per heavy atom. The van der Waals surface area contributed by atoms with E-state index < -0.39 is 0 Å². The summed E-state index contributed by atoms with van der Waals surface area (Å²) in [4.78, 5) is 0. The van der Waals surface area contributed by atoms with Crippen LogP contribution in [0.5, 0.6) is 17.2 Å². The van der Waals surface area contributed by atoms with Crippen molar-refractivity contribution in [2.75, 3.05) is 39.4 Å². The van der Waals surface area contributed by atoms with E-state index in [1.165, 1.54) is 0 Å². The Hall–Kier alpha value is -1.33. The molecular weight excluding hydrogens is 274 g/mol. The Morgan fingerprint density at radius 2 is 1.80 bits per heavy atom. The minimum Gasteiger partial charge on any atom is -0.493 e. The summed E-state index contributed by atoms with van der Waals surface area (Å²) in [6.07, 6.45) is 1.92. The molecule has 1 aromatic carbocycles. The zero-order valence-corrected chi connectivity index (χ0v) is 13.2. The van der Waals surface area contributed by atoms with Crippen molar-refractivity contribution >= 4 is 11.8 Å². The van der Waals surface area contributed by atoms with Crippen LogP contribution >= 0.6 is 11.8 Å². The lowest BCUT2D eigenvalue weighted by molar-refractivity contribution is 0.323. The quantitative estimate of drug-likeness (QED) is 0.531. The number of benzene rings is 1. The number of hydrogen-bond donors (Lipinski definition) is 1. The molecule has 0 unspecified atom stereocenters. The zero-order chi connectivity index (χ0) is 14.8. The molecule has 0 aromatic heterocycles. The standard InChI is InChI=1S/C15H23NO3S/c1-5-7-20-8-6-16-11-12-9-13(17-2)15(19-4)14(10-12)18-3/h5,9-10,16H,1,6-8,11H2,2-4H3. The van der Waals surface area contributed by atoms with Gasteiger partial charge in [0.25, 0.3) is 0 Å². The molecule has 0 spiro atoms. The molecule has 112 valence electrons. The van der Waals surface area contributed by atoms with Crippen LogP contribution in [0.15, 0.2) is 24.8 Å². The molecule has 5 heteroatoms. The van der Waals surface area contributed by atoms with Crippen molar-refractivity contribution in [1.82, 2.24) is 5.32 Å². The molecule has 0 aliphatic heterocycles. The Bertz CT molecular complexity index is 399. The van der Waals surface area contributed by atoms with E-state index in [0.717, 1.165) is 30.2 Å². The lowest BCUT2D eigenvalue weighted by Gasteiger charge is -2.14. The smallest absolute Gasteiger partial charge is 0.203 e. The molecule has 1 rings (SSSR count). The van der Waals surface area contributed by atoms with Gasteiger partial charge in [-0.3, -0.25) is 0 Å². The second-order valence-corrected chi connectivity index (χ2v) is 5.22. The zero-order valence-electron chi connectivity index (χ0n) is 12.4. The topological polar surface area (TPSA) is 39.7 Å². The molecule has 4 nitrogen and oxygen atoms in total. The van der Waals surface area contributed by atoms with Gasteiger partial charge in [0.2, 0.25) is 5.75 Å². The number of rotatable bonds is 10. The van der Waals surface area contributed by atoms with E-state index in [4.69, 9.17) is 14.2 Å². The molecule has 0 saturated carbocycles. The highest BCUT2D eigenvalue weighted by molar-refractivity contribution is 7.99. The van der Waals surface area contributed by atoms with Gasteiger partial charge in [-0.25, -0.2) is 0 Å². The van der Waals surface area contributed by atoms with E-state index in [1.54, 1.807) is 21.3 Å². The average Bonchev–Trinajstić information content (AvgIpc) is 2.49. The minimum atomic E-state index is 0.625. The third-order valence-corrected chi connectivity index (χ3v) is 3.68. The van der Waals surface area contributed by atoms with Crippen LogP contribution in [-0.4, -0.2) is 39.4 Å². The summed E-state index contributed by atoms with van der Waals surface area (Å²) < 4.78 is 16.0. The molecule has 1 N–H and O–H groups in total. The second kappa shape index (κ2) is 9.55. The molecule has 0 aliphatic rings. The average molecular weight is 297 g/mol. The van der Waals surface area contributed by atoms with Crippen LogP contribution in [0.25, 0.3) is 0 Å². The first-order valence-electron chi connectivity index (χ1n) is 6.45. The number of hydrogen-bond acceptors (Lipinski definition) is 5. The second-order valence-electron chi connectivity index (χ2n) is 4.07. The van der Waals surface area contributed by atoms with Gasteiger partial charge in [0.1, 0.15) is 0 Å². The molecule has 0 atom stereocenters. The van der Waals surface area contributed by atoms with Gasteiger partial charge in [-0.2, -0.15) is 11.8 Å². The normalized spacial score (nSPS) is 10.2. The van der Waals surface area contributed by atoms with E-state index in [1.807, 2.05) is 30.0 Å². The Balaban J connectivity index is 2.59. The maximum absolute atomic E-state index is 5.33. The van der Waals surface area contributed by atoms with Crippen molar-refractivity contribution < 1.29 is 14.2 Å². The van der Waals surface area contributed by atoms with Gasteiger partial charge in [0, 0.05) is 24.6 Å². The third kappa shape index (κ3) is 4.98. The Labute approximate surface area is 125 Å². The van der Waals surface area contributed by atoms with E-state index in [2.05, 4.69) is 11.9 Å². The van der Waals surface area contributed by atoms with Gasteiger partial charge in [-0.1, -0.05) is 6.08 Å². The lowest BCUT2D eigenvalue weighted by atomic mass is 10.2. The first-order chi connectivity index (χ1) is 9.76. The number of thioether (sulfide) groups is 1. The molecule has 0 saturated heterocycles. The maximum Gasteiger partial charge on any atom is 0.203 e. The van der Waals surface area contributed by atoms with Gasteiger partial charge < -0.3 is 19.5 Å². The largest absolute Gasteiger partial charge is 0.493 e. The highest BCUT2D eigenvalue weighted by Crippen LogP contribution is 2.38. The van der Waals surface area contributed by atoms with Crippen molar-refractivity contribution in [1.29, 1.82) is 0 Å². The molecule has 20 heavy (non-hydrogen) atoms. The van der Waals surface area contributed by atoms with Crippen molar-refractivity contribution in [3.8, 4) is 17.2 Å². The molecule has 0 aliphatic carbocycles. The van der Waals surface area contributed by atoms with Crippen molar-refractivity contribution in [2.45, 2.75) is 6.54 Å². The summed E-state index contributed by atoms with van der Waals surface area (Å²) in [5.74, 6) is 4.05. The van der Waals surface area contributed by atoms with Gasteiger partial charge in [-0.15, -0.1) is 6.58 Å². The fourth-order valence-corrected chi connectivity index (χ4v) is 2.40. The van der Waals surface area contributed by atoms with Crippen LogP contribution in [0.3, 0.4) is 0 Å². The summed E-state index contributed by atoms with van der Waals surface area (Å²) in [5.41, 5.74) is 1.10. The molecule has 0 radical (unpaired) electrons. The Morgan fingerprint density at radius 1 is 1.15 bits per heavy atom. The van der Waals surface area contributed by atoms with Crippen LogP contribution in [0, 0.1) is 0 Å². The van der Waals surface area contributed by atoms with Gasteiger partial charge in [-0.05, 0) is 17.7 Å². The van der Waals surface area contributed by atoms with E-state index in [9.17, 15) is 0 Å². The van der Waals surface area contributed by atoms with Crippen LogP contribution in [0.4, 0.5) is 0 Å². The van der Waals surface area contributed by atoms with E-state index in [-0.39, 0.29) is 0 Å². The van der Waals surface area contributed by atoms with Crippen LogP contribution < -0.4 is 19.5 Å². The minimum absolute atomic E-state index is 0.625. The molecule has 0 bridgehead atoms. The molecule has 0 heterocycles. The number of nitrogens with one attached hydrogen (secondary N) is 1. The summed E-state index contributed by atoms with van der Waals surface area (Å²) >= 11 is 1.86. The SMILES string of the molecule is C=CCSCCNCc1cc(OC)c(OC)c(OC)c1. The summed E-state index contributed by atoms with van der Waals surface area (Å²) in [7, 11) is 4.86. The predicted octanol–water partition coefficient (Wildman–Crippen LogP) is 2.72. The van der Waals surface area contributed by atoms with Crippen molar-refractivity contribution in [2.24, 2.45) is 0 Å². The highest BCUT2D eigenvalue weighted by Gasteiger charge is 2.12. The molecular formula is C15H23NO3S. The third-order valence-electron chi connectivity index (χ3n) is 2.71. The fraction of sp³-hybridized carbons (Fsp3) is 0.467. The number of methoxy groups -OCH3 is 3. The maximum atomic E-state index is 5.33. The van der Waals surface area contributed by atoms with E-state index in [0.29, 0.717) is 17.2 Å². The van der Waals surface area contributed by atoms with Crippen LogP contribution in [0.1, 0.15) is 5.56 Å². The lowest BCUT2D eigenvalue weighted by Crippen LogP contribution is -2.16. The first-order valence-corrected chi connectivity index (χ1v) is 7.60. The van der Waals surface area contributed by atoms with Gasteiger partial charge >= 0.3 is 0 Å². The fourth-order valence-electron chi connectivity index (χ4n) is 1.78. The molecule has 1 aromatic rings. The van der Waals surface area contributed by atoms with Crippen LogP contribution in [-0.2, 0) is 6.54 Å². The summed E-state index contributed by atoms with van der Waals surface area (Å²) in [6, 6.07) is 3.93. The van der Waals surface area contributed by atoms with Gasteiger partial charge in [0.15, 0.2) is 11.5 Å². The monoisotopic (exact) mass is 297 g/mol. The van der Waals surface area contributed by atoms with Gasteiger partial charge in [0.05, 0.1) is 21.3 Å². The van der Waals surface area contributed by atoms with Crippen molar-refractivity contribution in [3.05, 3.63) is 30.4 Å². The highest BCUT2D eigenvalue weighted by atomic mass is 32.2. The molecule has 0 fully saturated rings. The molecule has 0 amide bonds. The number of ether oxygens (including phenoxy) is 3. The predicted molar refractivity (Wildman–Crippen MR) is 85.3 cm³/mol. The van der Waals surface area contributed by atoms with Crippen LogP contribution in [0.2, 0.25) is 0 Å².